The number of likely N-dealkylation sites (N-methyl/N-ethyl adjacent to an activating group) is 1. The van der Waals surface area contributed by atoms with Crippen molar-refractivity contribution in [2.45, 2.75) is 63.1 Å². The highest BCUT2D eigenvalue weighted by Crippen LogP contribution is 2.59. The van der Waals surface area contributed by atoms with Gasteiger partial charge in [-0.1, -0.05) is 31.2 Å². The SMILES string of the molecule is CC[C@]12CC3[C@H](C(C)O)CC1C(Cc1ccccc12)N3C. The summed E-state index contributed by atoms with van der Waals surface area (Å²) in [6.07, 6.45) is 4.70. The molecule has 3 fully saturated rings. The van der Waals surface area contributed by atoms with E-state index in [1.54, 1.807) is 11.1 Å². The smallest absolute Gasteiger partial charge is 0.0555 e. The highest BCUT2D eigenvalue weighted by Gasteiger charge is 2.60. The zero-order valence-electron chi connectivity index (χ0n) is 13.4. The monoisotopic (exact) mass is 285 g/mol. The number of hydrogen-bond acceptors (Lipinski definition) is 2. The molecule has 21 heavy (non-hydrogen) atoms. The number of aliphatic hydroxyl groups is 1. The summed E-state index contributed by atoms with van der Waals surface area (Å²) in [6, 6.07) is 10.4. The lowest BCUT2D eigenvalue weighted by Gasteiger charge is -2.65. The van der Waals surface area contributed by atoms with Gasteiger partial charge in [0.1, 0.15) is 0 Å². The number of nitrogens with zero attached hydrogens (tertiary/aromatic N) is 1. The number of piperidine rings is 2. The van der Waals surface area contributed by atoms with Crippen molar-refractivity contribution in [1.82, 2.24) is 4.90 Å². The quantitative estimate of drug-likeness (QED) is 0.903. The molecule has 1 aromatic rings. The van der Waals surface area contributed by atoms with Gasteiger partial charge in [-0.25, -0.2) is 0 Å². The van der Waals surface area contributed by atoms with E-state index < -0.39 is 0 Å². The summed E-state index contributed by atoms with van der Waals surface area (Å²) in [5.74, 6) is 1.17. The number of aliphatic hydroxyl groups excluding tert-OH is 1. The van der Waals surface area contributed by atoms with Gasteiger partial charge in [0.05, 0.1) is 6.10 Å². The molecule has 1 aromatic carbocycles. The molecule has 2 aliphatic carbocycles. The van der Waals surface area contributed by atoms with Gasteiger partial charge < -0.3 is 5.11 Å². The number of benzene rings is 1. The molecule has 1 N–H and O–H groups in total. The molecule has 2 saturated heterocycles. The van der Waals surface area contributed by atoms with Crippen molar-refractivity contribution in [3.8, 4) is 0 Å². The highest BCUT2D eigenvalue weighted by atomic mass is 16.3. The third kappa shape index (κ3) is 1.66. The second-order valence-corrected chi connectivity index (χ2v) is 7.62. The third-order valence-corrected chi connectivity index (χ3v) is 7.05. The van der Waals surface area contributed by atoms with Crippen LogP contribution in [0.2, 0.25) is 0 Å². The molecule has 2 heteroatoms. The van der Waals surface area contributed by atoms with Crippen molar-refractivity contribution in [2.24, 2.45) is 11.8 Å². The van der Waals surface area contributed by atoms with E-state index in [-0.39, 0.29) is 6.10 Å². The molecule has 0 amide bonds. The molecule has 2 nitrogen and oxygen atoms in total. The normalized spacial score (nSPS) is 42.7. The van der Waals surface area contributed by atoms with Crippen LogP contribution in [0.1, 0.15) is 44.2 Å². The van der Waals surface area contributed by atoms with Crippen molar-refractivity contribution >= 4 is 0 Å². The van der Waals surface area contributed by atoms with Crippen molar-refractivity contribution in [3.05, 3.63) is 35.4 Å². The Hall–Kier alpha value is -0.860. The molecule has 0 aromatic heterocycles. The zero-order chi connectivity index (χ0) is 14.8. The van der Waals surface area contributed by atoms with E-state index in [2.05, 4.69) is 43.1 Å². The lowest BCUT2D eigenvalue weighted by Crippen LogP contribution is -2.69. The molecule has 2 heterocycles. The topological polar surface area (TPSA) is 23.5 Å². The fourth-order valence-electron chi connectivity index (χ4n) is 5.97. The average molecular weight is 285 g/mol. The molecule has 2 aliphatic heterocycles. The first kappa shape index (κ1) is 13.8. The van der Waals surface area contributed by atoms with Gasteiger partial charge in [0, 0.05) is 23.4 Å². The summed E-state index contributed by atoms with van der Waals surface area (Å²) >= 11 is 0. The average Bonchev–Trinajstić information content (AvgIpc) is 2.50. The van der Waals surface area contributed by atoms with E-state index in [0.717, 1.165) is 0 Å². The van der Waals surface area contributed by atoms with E-state index in [1.165, 1.54) is 25.7 Å². The predicted molar refractivity (Wildman–Crippen MR) is 85.3 cm³/mol. The predicted octanol–water partition coefficient (Wildman–Crippen LogP) is 2.98. The van der Waals surface area contributed by atoms with Gasteiger partial charge in [-0.3, -0.25) is 4.90 Å². The second kappa shape index (κ2) is 4.57. The van der Waals surface area contributed by atoms with Crippen LogP contribution in [-0.4, -0.2) is 35.2 Å². The number of hydrogen-bond donors (Lipinski definition) is 1. The van der Waals surface area contributed by atoms with Crippen molar-refractivity contribution in [1.29, 1.82) is 0 Å². The maximum atomic E-state index is 10.2. The van der Waals surface area contributed by atoms with Crippen LogP contribution in [0, 0.1) is 11.8 Å². The molecular weight excluding hydrogens is 258 g/mol. The summed E-state index contributed by atoms with van der Waals surface area (Å²) in [7, 11) is 2.30. The molecule has 0 radical (unpaired) electrons. The van der Waals surface area contributed by atoms with E-state index in [1.807, 2.05) is 6.92 Å². The van der Waals surface area contributed by atoms with E-state index in [9.17, 15) is 5.11 Å². The standard InChI is InChI=1S/C19H27NO/c1-4-19-11-18-14(12(2)21)10-16(19)17(20(18)3)9-13-7-5-6-8-15(13)19/h5-8,12,14,16-18,21H,4,9-11H2,1-3H3/t12?,14-,16?,17?,18?,19+/m0/s1. The summed E-state index contributed by atoms with van der Waals surface area (Å²) in [5.41, 5.74) is 3.56. The third-order valence-electron chi connectivity index (χ3n) is 7.05. The number of fused-ring (bicyclic) bond motifs is 2. The first-order valence-electron chi connectivity index (χ1n) is 8.57. The molecule has 6 atom stereocenters. The first-order chi connectivity index (χ1) is 10.1. The Morgan fingerprint density at radius 3 is 2.81 bits per heavy atom. The summed E-state index contributed by atoms with van der Waals surface area (Å²) in [5, 5.41) is 10.2. The molecule has 114 valence electrons. The van der Waals surface area contributed by atoms with E-state index >= 15 is 0 Å². The van der Waals surface area contributed by atoms with Gasteiger partial charge in [-0.15, -0.1) is 0 Å². The Balaban J connectivity index is 1.84. The minimum Gasteiger partial charge on any atom is -0.393 e. The second-order valence-electron chi connectivity index (χ2n) is 7.62. The Bertz CT molecular complexity index is 554. The van der Waals surface area contributed by atoms with Crippen LogP contribution in [0.25, 0.3) is 0 Å². The van der Waals surface area contributed by atoms with Gasteiger partial charge in [0.25, 0.3) is 0 Å². The zero-order valence-corrected chi connectivity index (χ0v) is 13.4. The molecule has 1 saturated carbocycles. The summed E-state index contributed by atoms with van der Waals surface area (Å²) < 4.78 is 0. The Labute approximate surface area is 128 Å². The lowest BCUT2D eigenvalue weighted by molar-refractivity contribution is -0.121. The molecule has 4 aliphatic rings. The van der Waals surface area contributed by atoms with Crippen molar-refractivity contribution < 1.29 is 5.11 Å². The first-order valence-corrected chi connectivity index (χ1v) is 8.57. The van der Waals surface area contributed by atoms with Crippen molar-refractivity contribution in [2.75, 3.05) is 7.05 Å². The van der Waals surface area contributed by atoms with Gasteiger partial charge in [-0.2, -0.15) is 0 Å². The Kier molecular flexibility index (Phi) is 3.00. The summed E-state index contributed by atoms with van der Waals surface area (Å²) in [4.78, 5) is 2.61. The Morgan fingerprint density at radius 2 is 2.10 bits per heavy atom. The summed E-state index contributed by atoms with van der Waals surface area (Å²) in [6.45, 7) is 4.36. The maximum Gasteiger partial charge on any atom is 0.0555 e. The minimum atomic E-state index is -0.176. The molecular formula is C19H27NO. The molecule has 4 unspecified atom stereocenters. The Morgan fingerprint density at radius 1 is 1.33 bits per heavy atom. The van der Waals surface area contributed by atoms with Crippen molar-refractivity contribution in [3.63, 3.8) is 0 Å². The maximum absolute atomic E-state index is 10.2. The molecule has 4 bridgehead atoms. The van der Waals surface area contributed by atoms with Gasteiger partial charge >= 0.3 is 0 Å². The van der Waals surface area contributed by atoms with Crippen LogP contribution < -0.4 is 0 Å². The molecule has 0 spiro atoms. The van der Waals surface area contributed by atoms with Crippen LogP contribution in [0.15, 0.2) is 24.3 Å². The largest absolute Gasteiger partial charge is 0.393 e. The molecule has 5 rings (SSSR count). The van der Waals surface area contributed by atoms with Gasteiger partial charge in [0.2, 0.25) is 0 Å². The highest BCUT2D eigenvalue weighted by molar-refractivity contribution is 5.42. The van der Waals surface area contributed by atoms with Crippen LogP contribution in [0.3, 0.4) is 0 Å². The van der Waals surface area contributed by atoms with E-state index in [4.69, 9.17) is 0 Å². The fourth-order valence-corrected chi connectivity index (χ4v) is 5.97. The van der Waals surface area contributed by atoms with Gasteiger partial charge in [0.15, 0.2) is 0 Å². The minimum absolute atomic E-state index is 0.176. The van der Waals surface area contributed by atoms with Crippen LogP contribution >= 0.6 is 0 Å². The number of rotatable bonds is 2. The fraction of sp³-hybridized carbons (Fsp3) is 0.684. The van der Waals surface area contributed by atoms with Crippen LogP contribution in [-0.2, 0) is 11.8 Å². The van der Waals surface area contributed by atoms with Crippen LogP contribution in [0.5, 0.6) is 0 Å². The lowest BCUT2D eigenvalue weighted by atomic mass is 9.48. The van der Waals surface area contributed by atoms with Crippen LogP contribution in [0.4, 0.5) is 0 Å². The van der Waals surface area contributed by atoms with Gasteiger partial charge in [-0.05, 0) is 56.7 Å². The van der Waals surface area contributed by atoms with E-state index in [0.29, 0.717) is 29.3 Å².